The van der Waals surface area contributed by atoms with Crippen molar-refractivity contribution in [1.29, 1.82) is 0 Å². The van der Waals surface area contributed by atoms with Crippen LogP contribution in [0.4, 0.5) is 5.69 Å². The van der Waals surface area contributed by atoms with Crippen molar-refractivity contribution in [1.82, 2.24) is 4.72 Å². The van der Waals surface area contributed by atoms with Gasteiger partial charge < -0.3 is 4.90 Å². The van der Waals surface area contributed by atoms with Crippen LogP contribution in [-0.2, 0) is 10.0 Å². The van der Waals surface area contributed by atoms with E-state index in [2.05, 4.69) is 40.8 Å². The van der Waals surface area contributed by atoms with Crippen LogP contribution >= 0.6 is 22.9 Å². The van der Waals surface area contributed by atoms with Gasteiger partial charge in [-0.3, -0.25) is 0 Å². The highest BCUT2D eigenvalue weighted by atomic mass is 35.5. The summed E-state index contributed by atoms with van der Waals surface area (Å²) in [4.78, 5) is 2.31. The Balaban J connectivity index is 1.57. The van der Waals surface area contributed by atoms with Gasteiger partial charge in [-0.05, 0) is 43.5 Å². The molecule has 0 radical (unpaired) electrons. The molecule has 0 spiro atoms. The van der Waals surface area contributed by atoms with Crippen LogP contribution in [0.5, 0.6) is 0 Å². The zero-order valence-electron chi connectivity index (χ0n) is 12.8. The minimum absolute atomic E-state index is 0.274. The molecule has 0 amide bonds. The maximum atomic E-state index is 12.2. The Morgan fingerprint density at radius 2 is 2.00 bits per heavy atom. The molecule has 3 rings (SSSR count). The van der Waals surface area contributed by atoms with Crippen LogP contribution in [0.3, 0.4) is 0 Å². The summed E-state index contributed by atoms with van der Waals surface area (Å²) in [5.74, 6) is 0.321. The van der Waals surface area contributed by atoms with Gasteiger partial charge in [0.05, 0.1) is 4.34 Å². The first-order valence-electron chi connectivity index (χ1n) is 7.51. The lowest BCUT2D eigenvalue weighted by atomic mass is 10.1. The van der Waals surface area contributed by atoms with E-state index in [1.807, 2.05) is 0 Å². The third-order valence-electron chi connectivity index (χ3n) is 4.06. The van der Waals surface area contributed by atoms with E-state index in [1.54, 1.807) is 12.1 Å². The first kappa shape index (κ1) is 16.8. The second-order valence-electron chi connectivity index (χ2n) is 5.85. The number of aryl methyl sites for hydroxylation is 1. The fourth-order valence-electron chi connectivity index (χ4n) is 2.73. The normalized spacial score (nSPS) is 18.5. The van der Waals surface area contributed by atoms with Crippen molar-refractivity contribution < 1.29 is 8.42 Å². The van der Waals surface area contributed by atoms with Crippen LogP contribution < -0.4 is 9.62 Å². The Labute approximate surface area is 146 Å². The van der Waals surface area contributed by atoms with Crippen LogP contribution in [0, 0.1) is 12.8 Å². The fraction of sp³-hybridized carbons (Fsp3) is 0.375. The number of nitrogens with one attached hydrogen (secondary N) is 1. The van der Waals surface area contributed by atoms with Gasteiger partial charge in [-0.2, -0.15) is 0 Å². The quantitative estimate of drug-likeness (QED) is 0.876. The summed E-state index contributed by atoms with van der Waals surface area (Å²) in [6, 6.07) is 11.6. The standard InChI is InChI=1S/C16H19ClN2O2S2/c1-12-2-4-14(5-3-12)19-9-8-13(11-19)10-18-23(20,21)16-7-6-15(17)22-16/h2-7,13,18H,8-11H2,1H3. The predicted octanol–water partition coefficient (Wildman–Crippen LogP) is 3.51. The number of benzene rings is 1. The van der Waals surface area contributed by atoms with Crippen LogP contribution in [-0.4, -0.2) is 28.1 Å². The topological polar surface area (TPSA) is 49.4 Å². The molecule has 1 aromatic carbocycles. The number of nitrogens with zero attached hydrogens (tertiary/aromatic N) is 1. The third-order valence-corrected chi connectivity index (χ3v) is 7.21. The average Bonchev–Trinajstić information content (AvgIpc) is 3.15. The molecule has 0 bridgehead atoms. The average molecular weight is 371 g/mol. The second kappa shape index (κ2) is 6.81. The molecule has 7 heteroatoms. The monoisotopic (exact) mass is 370 g/mol. The van der Waals surface area contributed by atoms with Gasteiger partial charge in [0.15, 0.2) is 0 Å². The minimum Gasteiger partial charge on any atom is -0.371 e. The van der Waals surface area contributed by atoms with E-state index in [0.717, 1.165) is 30.8 Å². The molecule has 1 aliphatic heterocycles. The highest BCUT2D eigenvalue weighted by Gasteiger charge is 2.25. The van der Waals surface area contributed by atoms with Crippen molar-refractivity contribution in [2.24, 2.45) is 5.92 Å². The molecule has 1 aromatic heterocycles. The van der Waals surface area contributed by atoms with Gasteiger partial charge in [-0.25, -0.2) is 13.1 Å². The summed E-state index contributed by atoms with van der Waals surface area (Å²) >= 11 is 6.89. The summed E-state index contributed by atoms with van der Waals surface area (Å²) in [6.45, 7) is 4.36. The molecule has 2 heterocycles. The fourth-order valence-corrected chi connectivity index (χ4v) is 5.37. The number of thiophene rings is 1. The van der Waals surface area contributed by atoms with E-state index in [0.29, 0.717) is 16.8 Å². The van der Waals surface area contributed by atoms with Gasteiger partial charge in [0.25, 0.3) is 0 Å². The first-order valence-corrected chi connectivity index (χ1v) is 10.2. The Morgan fingerprint density at radius 1 is 1.26 bits per heavy atom. The Kier molecular flexibility index (Phi) is 4.96. The van der Waals surface area contributed by atoms with Gasteiger partial charge in [0.2, 0.25) is 10.0 Å². The highest BCUT2D eigenvalue weighted by molar-refractivity contribution is 7.91. The van der Waals surface area contributed by atoms with Crippen molar-refractivity contribution in [3.05, 3.63) is 46.3 Å². The molecule has 124 valence electrons. The number of rotatable bonds is 5. The first-order chi connectivity index (χ1) is 10.9. The summed E-state index contributed by atoms with van der Waals surface area (Å²) in [7, 11) is -3.45. The number of anilines is 1. The number of hydrogen-bond donors (Lipinski definition) is 1. The molecule has 1 atom stereocenters. The second-order valence-corrected chi connectivity index (χ2v) is 9.56. The highest BCUT2D eigenvalue weighted by Crippen LogP contribution is 2.27. The zero-order valence-corrected chi connectivity index (χ0v) is 15.2. The maximum absolute atomic E-state index is 12.2. The molecular weight excluding hydrogens is 352 g/mol. The summed E-state index contributed by atoms with van der Waals surface area (Å²) in [5, 5.41) is 0. The lowest BCUT2D eigenvalue weighted by molar-refractivity contribution is 0.543. The number of sulfonamides is 1. The van der Waals surface area contributed by atoms with Crippen molar-refractivity contribution in [2.75, 3.05) is 24.5 Å². The van der Waals surface area contributed by atoms with Crippen LogP contribution in [0.15, 0.2) is 40.6 Å². The molecule has 23 heavy (non-hydrogen) atoms. The molecule has 1 fully saturated rings. The van der Waals surface area contributed by atoms with Gasteiger partial charge >= 0.3 is 0 Å². The summed E-state index contributed by atoms with van der Waals surface area (Å²) in [6.07, 6.45) is 0.988. The smallest absolute Gasteiger partial charge is 0.250 e. The van der Waals surface area contributed by atoms with E-state index >= 15 is 0 Å². The molecule has 1 aliphatic rings. The van der Waals surface area contributed by atoms with Crippen LogP contribution in [0.1, 0.15) is 12.0 Å². The lowest BCUT2D eigenvalue weighted by Crippen LogP contribution is -2.30. The van der Waals surface area contributed by atoms with E-state index in [-0.39, 0.29) is 4.21 Å². The summed E-state index contributed by atoms with van der Waals surface area (Å²) in [5.41, 5.74) is 2.44. The van der Waals surface area contributed by atoms with E-state index in [1.165, 1.54) is 11.3 Å². The largest absolute Gasteiger partial charge is 0.371 e. The minimum atomic E-state index is -3.45. The van der Waals surface area contributed by atoms with E-state index in [4.69, 9.17) is 11.6 Å². The van der Waals surface area contributed by atoms with Crippen LogP contribution in [0.25, 0.3) is 0 Å². The molecular formula is C16H19ClN2O2S2. The van der Waals surface area contributed by atoms with Crippen LogP contribution in [0.2, 0.25) is 4.34 Å². The SMILES string of the molecule is Cc1ccc(N2CCC(CNS(=O)(=O)c3ccc(Cl)s3)C2)cc1. The molecule has 1 saturated heterocycles. The Hall–Kier alpha value is -1.08. The molecule has 1 unspecified atom stereocenters. The van der Waals surface area contributed by atoms with Crippen molar-refractivity contribution >= 4 is 38.6 Å². The Morgan fingerprint density at radius 3 is 2.65 bits per heavy atom. The van der Waals surface area contributed by atoms with Gasteiger partial charge in [-0.1, -0.05) is 29.3 Å². The van der Waals surface area contributed by atoms with Gasteiger partial charge in [0, 0.05) is 25.3 Å². The predicted molar refractivity (Wildman–Crippen MR) is 96.0 cm³/mol. The number of halogens is 1. The zero-order chi connectivity index (χ0) is 16.4. The molecule has 0 saturated carbocycles. The molecule has 4 nitrogen and oxygen atoms in total. The van der Waals surface area contributed by atoms with E-state index < -0.39 is 10.0 Å². The van der Waals surface area contributed by atoms with Crippen molar-refractivity contribution in [3.63, 3.8) is 0 Å². The lowest BCUT2D eigenvalue weighted by Gasteiger charge is -2.19. The van der Waals surface area contributed by atoms with Gasteiger partial charge in [0.1, 0.15) is 4.21 Å². The third kappa shape index (κ3) is 4.07. The number of hydrogen-bond acceptors (Lipinski definition) is 4. The molecule has 0 aliphatic carbocycles. The summed E-state index contributed by atoms with van der Waals surface area (Å²) < 4.78 is 27.9. The molecule has 2 aromatic rings. The maximum Gasteiger partial charge on any atom is 0.250 e. The van der Waals surface area contributed by atoms with Crippen molar-refractivity contribution in [2.45, 2.75) is 17.6 Å². The molecule has 1 N–H and O–H groups in total. The van der Waals surface area contributed by atoms with Gasteiger partial charge in [-0.15, -0.1) is 11.3 Å². The van der Waals surface area contributed by atoms with E-state index in [9.17, 15) is 8.42 Å². The van der Waals surface area contributed by atoms with Crippen molar-refractivity contribution in [3.8, 4) is 0 Å². The Bertz CT molecular complexity index is 772.